The molecule has 1 fully saturated rings. The van der Waals surface area contributed by atoms with Crippen molar-refractivity contribution in [3.8, 4) is 17.2 Å². The molecule has 2 aromatic carbocycles. The minimum atomic E-state index is -1.39. The standard InChI is InChI=1S/C39H51N3O10/c1-5-18-41(38(45)48-3)35-25-33(40-49-4)31-22-26(12-7-9-19-43)30(15-8-10-20-44)36-32-24-29(51-28-14-11-13-27(23-28)42(46)47)16-17-34(32)52-39(35,37(31)36)50-21-6-2/h6,11,13-14,16-17,22-24,26,30,35-37,43-44H,2,5,7-10,12,15,18-21,25H2,1,3-4H3. The molecule has 2 aliphatic carbocycles. The van der Waals surface area contributed by atoms with Gasteiger partial charge in [0.05, 0.1) is 36.3 Å². The Kier molecular flexibility index (Phi) is 13.3. The Morgan fingerprint density at radius 1 is 1.12 bits per heavy atom. The van der Waals surface area contributed by atoms with Gasteiger partial charge < -0.3 is 34.0 Å². The number of carbonyl (C=O) groups excluding carboxylic acids is 1. The van der Waals surface area contributed by atoms with Gasteiger partial charge in [0.2, 0.25) is 5.79 Å². The Hall–Kier alpha value is -4.46. The first-order valence-corrected chi connectivity index (χ1v) is 18.1. The van der Waals surface area contributed by atoms with Gasteiger partial charge in [0.25, 0.3) is 5.69 Å². The lowest BCUT2D eigenvalue weighted by Crippen LogP contribution is -2.70. The second-order valence-electron chi connectivity index (χ2n) is 13.5. The molecule has 13 heteroatoms. The molecule has 1 amide bonds. The Balaban J connectivity index is 1.76. The van der Waals surface area contributed by atoms with Crippen molar-refractivity contribution < 1.29 is 43.7 Å². The average Bonchev–Trinajstić information content (AvgIpc) is 3.15. The number of benzene rings is 2. The van der Waals surface area contributed by atoms with E-state index in [-0.39, 0.29) is 49.7 Å². The largest absolute Gasteiger partial charge is 0.459 e. The lowest BCUT2D eigenvalue weighted by atomic mass is 9.55. The van der Waals surface area contributed by atoms with Gasteiger partial charge in [-0.05, 0) is 73.8 Å². The van der Waals surface area contributed by atoms with E-state index in [4.69, 9.17) is 23.8 Å². The molecule has 2 aromatic rings. The van der Waals surface area contributed by atoms with Crippen molar-refractivity contribution in [3.05, 3.63) is 82.4 Å². The van der Waals surface area contributed by atoms with Crippen LogP contribution in [-0.2, 0) is 14.3 Å². The number of aliphatic hydroxyl groups excluding tert-OH is 2. The molecule has 282 valence electrons. The molecule has 6 atom stereocenters. The van der Waals surface area contributed by atoms with Crippen LogP contribution in [0.2, 0.25) is 0 Å². The van der Waals surface area contributed by atoms with Crippen LogP contribution >= 0.6 is 0 Å². The summed E-state index contributed by atoms with van der Waals surface area (Å²) >= 11 is 0. The number of amides is 1. The topological polar surface area (TPSA) is 162 Å². The van der Waals surface area contributed by atoms with Crippen LogP contribution in [0.4, 0.5) is 10.5 Å². The third kappa shape index (κ3) is 7.96. The number of hydrogen-bond acceptors (Lipinski definition) is 11. The van der Waals surface area contributed by atoms with E-state index in [1.807, 2.05) is 19.1 Å². The lowest BCUT2D eigenvalue weighted by molar-refractivity contribution is -0.384. The van der Waals surface area contributed by atoms with E-state index in [2.05, 4.69) is 17.8 Å². The van der Waals surface area contributed by atoms with Crippen LogP contribution in [0.15, 0.2) is 71.9 Å². The van der Waals surface area contributed by atoms with E-state index in [1.54, 1.807) is 29.2 Å². The van der Waals surface area contributed by atoms with Crippen molar-refractivity contribution in [3.63, 3.8) is 0 Å². The van der Waals surface area contributed by atoms with Crippen LogP contribution in [0, 0.1) is 27.9 Å². The van der Waals surface area contributed by atoms with E-state index < -0.39 is 28.8 Å². The Labute approximate surface area is 305 Å². The van der Waals surface area contributed by atoms with Crippen molar-refractivity contribution in [2.75, 3.05) is 40.6 Å². The van der Waals surface area contributed by atoms with Gasteiger partial charge in [-0.3, -0.25) is 15.0 Å². The fourth-order valence-corrected chi connectivity index (χ4v) is 8.35. The number of ether oxygens (including phenoxy) is 4. The Bertz CT molecular complexity index is 1630. The molecule has 1 aliphatic heterocycles. The molecule has 6 unspecified atom stereocenters. The van der Waals surface area contributed by atoms with Gasteiger partial charge in [-0.2, -0.15) is 0 Å². The van der Waals surface area contributed by atoms with Crippen molar-refractivity contribution in [2.45, 2.75) is 76.0 Å². The number of allylic oxidation sites excluding steroid dienone is 1. The number of nitrogens with zero attached hydrogens (tertiary/aromatic N) is 3. The number of hydrogen-bond donors (Lipinski definition) is 2. The van der Waals surface area contributed by atoms with Crippen LogP contribution in [0.25, 0.3) is 0 Å². The first kappa shape index (κ1) is 38.8. The number of fused-ring (bicyclic) bond motifs is 2. The molecule has 0 aromatic heterocycles. The number of unbranched alkanes of at least 4 members (excludes halogenated alkanes) is 2. The summed E-state index contributed by atoms with van der Waals surface area (Å²) in [5.74, 6) is -0.646. The van der Waals surface area contributed by atoms with Gasteiger partial charge in [0.1, 0.15) is 30.4 Å². The minimum absolute atomic E-state index is 0.0294. The van der Waals surface area contributed by atoms with E-state index >= 15 is 0 Å². The molecule has 0 radical (unpaired) electrons. The van der Waals surface area contributed by atoms with E-state index in [9.17, 15) is 25.1 Å². The number of nitro benzene ring substituents is 1. The molecule has 3 aliphatic rings. The molecule has 1 heterocycles. The summed E-state index contributed by atoms with van der Waals surface area (Å²) in [7, 11) is 2.86. The zero-order valence-electron chi connectivity index (χ0n) is 30.3. The number of rotatable bonds is 18. The number of non-ortho nitro benzene ring substituents is 1. The summed E-state index contributed by atoms with van der Waals surface area (Å²) in [4.78, 5) is 31.7. The number of aliphatic hydroxyl groups is 2. The Morgan fingerprint density at radius 3 is 2.54 bits per heavy atom. The minimum Gasteiger partial charge on any atom is -0.459 e. The quantitative estimate of drug-likeness (QED) is 0.0701. The zero-order chi connectivity index (χ0) is 37.3. The molecule has 0 saturated heterocycles. The maximum absolute atomic E-state index is 13.6. The summed E-state index contributed by atoms with van der Waals surface area (Å²) in [5.41, 5.74) is 2.38. The molecular weight excluding hydrogens is 670 g/mol. The van der Waals surface area contributed by atoms with Crippen LogP contribution in [0.3, 0.4) is 0 Å². The highest BCUT2D eigenvalue weighted by Gasteiger charge is 2.65. The Morgan fingerprint density at radius 2 is 1.87 bits per heavy atom. The predicted molar refractivity (Wildman–Crippen MR) is 195 cm³/mol. The summed E-state index contributed by atoms with van der Waals surface area (Å²) in [6, 6.07) is 10.9. The van der Waals surface area contributed by atoms with Gasteiger partial charge in [-0.15, -0.1) is 6.58 Å². The SMILES string of the molecule is C=CCOC12Oc3ccc(Oc4cccc([N+](=O)[O-])c4)cc3C3C(CCCCO)C(CCCCO)C=C(C(=NOC)CC1N(CCC)C(=O)OC)C32. The average molecular weight is 722 g/mol. The van der Waals surface area contributed by atoms with Gasteiger partial charge >= 0.3 is 6.09 Å². The first-order chi connectivity index (χ1) is 25.3. The molecule has 1 saturated carbocycles. The van der Waals surface area contributed by atoms with Crippen molar-refractivity contribution in [1.29, 1.82) is 0 Å². The van der Waals surface area contributed by atoms with Crippen molar-refractivity contribution >= 4 is 17.5 Å². The molecular formula is C39H51N3O10. The number of oxime groups is 1. The highest BCUT2D eigenvalue weighted by molar-refractivity contribution is 6.02. The van der Waals surface area contributed by atoms with Crippen LogP contribution in [-0.4, -0.2) is 84.3 Å². The summed E-state index contributed by atoms with van der Waals surface area (Å²) < 4.78 is 25.5. The molecule has 0 bridgehead atoms. The van der Waals surface area contributed by atoms with Crippen molar-refractivity contribution in [1.82, 2.24) is 4.90 Å². The van der Waals surface area contributed by atoms with E-state index in [1.165, 1.54) is 26.4 Å². The third-order valence-electron chi connectivity index (χ3n) is 10.4. The van der Waals surface area contributed by atoms with Gasteiger partial charge in [-0.1, -0.05) is 43.1 Å². The number of methoxy groups -OCH3 is 1. The van der Waals surface area contributed by atoms with Crippen LogP contribution in [0.1, 0.15) is 69.8 Å². The molecule has 52 heavy (non-hydrogen) atoms. The summed E-state index contributed by atoms with van der Waals surface area (Å²) in [6.07, 6.45) is 8.82. The number of carbonyl (C=O) groups is 1. The second-order valence-corrected chi connectivity index (χ2v) is 13.5. The van der Waals surface area contributed by atoms with Crippen LogP contribution in [0.5, 0.6) is 17.2 Å². The van der Waals surface area contributed by atoms with Crippen LogP contribution < -0.4 is 9.47 Å². The van der Waals surface area contributed by atoms with E-state index in [0.29, 0.717) is 48.8 Å². The lowest BCUT2D eigenvalue weighted by Gasteiger charge is -2.59. The molecule has 0 spiro atoms. The fraction of sp³-hybridized carbons (Fsp3) is 0.538. The summed E-state index contributed by atoms with van der Waals surface area (Å²) in [6.45, 7) is 6.61. The van der Waals surface area contributed by atoms with Gasteiger partial charge in [0.15, 0.2) is 0 Å². The number of nitro groups is 1. The maximum atomic E-state index is 13.6. The first-order valence-electron chi connectivity index (χ1n) is 18.1. The fourth-order valence-electron chi connectivity index (χ4n) is 8.35. The summed E-state index contributed by atoms with van der Waals surface area (Å²) in [5, 5.41) is 35.6. The van der Waals surface area contributed by atoms with Gasteiger partial charge in [-0.25, -0.2) is 4.79 Å². The van der Waals surface area contributed by atoms with E-state index in [0.717, 1.165) is 36.8 Å². The monoisotopic (exact) mass is 721 g/mol. The highest BCUT2D eigenvalue weighted by atomic mass is 16.7. The molecule has 5 rings (SSSR count). The molecule has 13 nitrogen and oxygen atoms in total. The zero-order valence-corrected chi connectivity index (χ0v) is 30.3. The normalized spacial score (nSPS) is 25.2. The predicted octanol–water partition coefficient (Wildman–Crippen LogP) is 7.13. The smallest absolute Gasteiger partial charge is 0.409 e. The van der Waals surface area contributed by atoms with Gasteiger partial charge in [0, 0.05) is 43.7 Å². The maximum Gasteiger partial charge on any atom is 0.409 e. The second kappa shape index (κ2) is 17.8. The van der Waals surface area contributed by atoms with Crippen molar-refractivity contribution in [2.24, 2.45) is 22.9 Å². The highest BCUT2D eigenvalue weighted by Crippen LogP contribution is 2.62. The third-order valence-corrected chi connectivity index (χ3v) is 10.4. The molecule has 2 N–H and O–H groups in total.